The summed E-state index contributed by atoms with van der Waals surface area (Å²) in [5, 5.41) is 4.53. The lowest BCUT2D eigenvalue weighted by atomic mass is 10.1. The van der Waals surface area contributed by atoms with Crippen molar-refractivity contribution in [2.45, 2.75) is 18.8 Å². The van der Waals surface area contributed by atoms with E-state index in [1.165, 1.54) is 11.1 Å². The Morgan fingerprint density at radius 1 is 1.16 bits per heavy atom. The number of hydrogen-bond donors (Lipinski definition) is 1. The van der Waals surface area contributed by atoms with Crippen molar-refractivity contribution in [3.63, 3.8) is 0 Å². The van der Waals surface area contributed by atoms with Gasteiger partial charge in [0, 0.05) is 55.5 Å². The highest BCUT2D eigenvalue weighted by Gasteiger charge is 2.35. The van der Waals surface area contributed by atoms with Crippen molar-refractivity contribution >= 4 is 23.0 Å². The zero-order chi connectivity index (χ0) is 21.6. The minimum atomic E-state index is -2.70. The summed E-state index contributed by atoms with van der Waals surface area (Å²) in [4.78, 5) is 26.8. The number of carbonyl (C=O) groups is 1. The number of halogens is 2. The molecule has 0 aliphatic carbocycles. The molecule has 0 saturated carbocycles. The molecule has 11 heteroatoms. The average molecular weight is 425 g/mol. The smallest absolute Gasteiger partial charge is 0.319 e. The maximum Gasteiger partial charge on any atom is 0.319 e. The second kappa shape index (κ2) is 7.11. The summed E-state index contributed by atoms with van der Waals surface area (Å²) >= 11 is 0. The molecule has 1 aliphatic heterocycles. The second-order valence-corrected chi connectivity index (χ2v) is 7.36. The van der Waals surface area contributed by atoms with E-state index in [0.717, 1.165) is 5.39 Å². The molecule has 1 fully saturated rings. The molecule has 9 nitrogen and oxygen atoms in total. The topological polar surface area (TPSA) is 116 Å². The molecular weight excluding hydrogens is 408 g/mol. The Balaban J connectivity index is 1.43. The van der Waals surface area contributed by atoms with Crippen molar-refractivity contribution in [1.29, 1.82) is 0 Å². The molecule has 1 saturated heterocycles. The highest BCUT2D eigenvalue weighted by molar-refractivity contribution is 5.97. The van der Waals surface area contributed by atoms with Crippen LogP contribution in [0.25, 0.3) is 28.1 Å². The molecule has 2 N–H and O–H groups in total. The number of pyridine rings is 2. The predicted molar refractivity (Wildman–Crippen MR) is 107 cm³/mol. The van der Waals surface area contributed by atoms with E-state index in [1.807, 2.05) is 16.7 Å². The number of hydrogen-bond acceptors (Lipinski definition) is 7. The van der Waals surface area contributed by atoms with Crippen LogP contribution >= 0.6 is 0 Å². The van der Waals surface area contributed by atoms with Gasteiger partial charge in [0.2, 0.25) is 5.82 Å². The van der Waals surface area contributed by atoms with Crippen molar-refractivity contribution in [3.05, 3.63) is 48.5 Å². The number of fused-ring (bicyclic) bond motifs is 1. The lowest BCUT2D eigenvalue weighted by molar-refractivity contribution is -0.0494. The van der Waals surface area contributed by atoms with Gasteiger partial charge >= 0.3 is 6.01 Å². The number of piperidine rings is 1. The number of anilines is 1. The van der Waals surface area contributed by atoms with Gasteiger partial charge in [0.25, 0.3) is 11.8 Å². The van der Waals surface area contributed by atoms with Crippen LogP contribution in [0, 0.1) is 0 Å². The second-order valence-electron chi connectivity index (χ2n) is 7.36. The van der Waals surface area contributed by atoms with Gasteiger partial charge in [-0.15, -0.1) is 0 Å². The van der Waals surface area contributed by atoms with Crippen molar-refractivity contribution in [2.75, 3.05) is 18.8 Å². The number of nitrogen functional groups attached to an aromatic ring is 1. The normalized spacial score (nSPS) is 16.0. The maximum absolute atomic E-state index is 13.4. The molecule has 158 valence electrons. The Kier molecular flexibility index (Phi) is 4.38. The van der Waals surface area contributed by atoms with E-state index in [9.17, 15) is 13.6 Å². The van der Waals surface area contributed by atoms with Crippen LogP contribution < -0.4 is 5.73 Å². The van der Waals surface area contributed by atoms with Crippen LogP contribution in [0.3, 0.4) is 0 Å². The Morgan fingerprint density at radius 3 is 2.71 bits per heavy atom. The van der Waals surface area contributed by atoms with Gasteiger partial charge in [-0.3, -0.25) is 14.3 Å². The molecule has 4 aromatic heterocycles. The molecule has 0 radical (unpaired) electrons. The lowest BCUT2D eigenvalue weighted by Gasteiger charge is -2.31. The first-order chi connectivity index (χ1) is 14.9. The Labute approximate surface area is 174 Å². The monoisotopic (exact) mass is 425 g/mol. The minimum Gasteiger partial charge on any atom is -0.351 e. The molecule has 4 aromatic rings. The third-order valence-electron chi connectivity index (χ3n) is 5.26. The van der Waals surface area contributed by atoms with E-state index in [1.54, 1.807) is 24.7 Å². The highest BCUT2D eigenvalue weighted by Crippen LogP contribution is 2.29. The predicted octanol–water partition coefficient (Wildman–Crippen LogP) is 2.92. The first-order valence-corrected chi connectivity index (χ1v) is 9.59. The van der Waals surface area contributed by atoms with Gasteiger partial charge in [-0.25, -0.2) is 13.8 Å². The molecule has 0 aromatic carbocycles. The van der Waals surface area contributed by atoms with E-state index >= 15 is 0 Å². The van der Waals surface area contributed by atoms with E-state index in [4.69, 9.17) is 10.3 Å². The first-order valence-electron chi connectivity index (χ1n) is 9.59. The van der Waals surface area contributed by atoms with E-state index < -0.39 is 5.92 Å². The zero-order valence-electron chi connectivity index (χ0n) is 16.2. The number of aromatic nitrogens is 5. The van der Waals surface area contributed by atoms with Crippen LogP contribution in [0.4, 0.5) is 14.8 Å². The molecule has 1 aliphatic rings. The summed E-state index contributed by atoms with van der Waals surface area (Å²) in [6.45, 7) is 0.0634. The number of nitrogens with zero attached hydrogens (tertiary/aromatic N) is 6. The average Bonchev–Trinajstić information content (AvgIpc) is 3.39. The van der Waals surface area contributed by atoms with Crippen LogP contribution in [0.2, 0.25) is 0 Å². The number of alkyl halides is 2. The standard InChI is InChI=1S/C20H17F2N7O2/c21-20(22)2-5-28(6-3-20)18(30)14-7-12-1-4-29(17(12)25-10-14)15-8-13(9-24-11-15)16-26-19(23)31-27-16/h1,4,7-11H,2-3,5-6H2,(H2,23,26,27). The number of amides is 1. The quantitative estimate of drug-likeness (QED) is 0.536. The van der Waals surface area contributed by atoms with Crippen LogP contribution in [0.5, 0.6) is 0 Å². The lowest BCUT2D eigenvalue weighted by Crippen LogP contribution is -2.42. The summed E-state index contributed by atoms with van der Waals surface area (Å²) < 4.78 is 33.4. The fourth-order valence-electron chi connectivity index (χ4n) is 3.60. The molecule has 5 rings (SSSR count). The van der Waals surface area contributed by atoms with Gasteiger partial charge in [-0.05, 0) is 18.2 Å². The van der Waals surface area contributed by atoms with Crippen LogP contribution in [0.1, 0.15) is 23.2 Å². The van der Waals surface area contributed by atoms with E-state index in [2.05, 4.69) is 20.1 Å². The maximum atomic E-state index is 13.4. The molecular formula is C20H17F2N7O2. The van der Waals surface area contributed by atoms with Crippen LogP contribution in [-0.2, 0) is 0 Å². The van der Waals surface area contributed by atoms with Crippen LogP contribution in [0.15, 0.2) is 47.5 Å². The third kappa shape index (κ3) is 3.58. The molecule has 0 atom stereocenters. The molecule has 0 spiro atoms. The van der Waals surface area contributed by atoms with E-state index in [-0.39, 0.29) is 37.9 Å². The Morgan fingerprint density at radius 2 is 1.97 bits per heavy atom. The molecule has 1 amide bonds. The third-order valence-corrected chi connectivity index (χ3v) is 5.26. The van der Waals surface area contributed by atoms with Gasteiger partial charge in [0.05, 0.1) is 17.4 Å². The highest BCUT2D eigenvalue weighted by atomic mass is 19.3. The summed E-state index contributed by atoms with van der Waals surface area (Å²) in [7, 11) is 0. The summed E-state index contributed by atoms with van der Waals surface area (Å²) in [5.74, 6) is -2.68. The van der Waals surface area contributed by atoms with Gasteiger partial charge in [-0.1, -0.05) is 5.16 Å². The number of nitrogens with two attached hydrogens (primary N) is 1. The molecule has 0 bridgehead atoms. The largest absolute Gasteiger partial charge is 0.351 e. The molecule has 5 heterocycles. The van der Waals surface area contributed by atoms with Crippen LogP contribution in [-0.4, -0.2) is 54.5 Å². The number of carbonyl (C=O) groups excluding carboxylic acids is 1. The molecule has 31 heavy (non-hydrogen) atoms. The summed E-state index contributed by atoms with van der Waals surface area (Å²) in [6.07, 6.45) is 5.87. The first kappa shape index (κ1) is 19.1. The van der Waals surface area contributed by atoms with Crippen molar-refractivity contribution in [1.82, 2.24) is 29.6 Å². The van der Waals surface area contributed by atoms with Gasteiger partial charge in [0.1, 0.15) is 5.65 Å². The zero-order valence-corrected chi connectivity index (χ0v) is 16.2. The summed E-state index contributed by atoms with van der Waals surface area (Å²) in [6, 6.07) is 5.31. The number of rotatable bonds is 3. The van der Waals surface area contributed by atoms with Crippen molar-refractivity contribution in [3.8, 4) is 17.1 Å². The van der Waals surface area contributed by atoms with E-state index in [0.29, 0.717) is 28.3 Å². The number of likely N-dealkylation sites (tertiary alicyclic amines) is 1. The minimum absolute atomic E-state index is 0.0317. The fourth-order valence-corrected chi connectivity index (χ4v) is 3.60. The van der Waals surface area contributed by atoms with Crippen molar-refractivity contribution < 1.29 is 18.1 Å². The van der Waals surface area contributed by atoms with Gasteiger partial charge in [-0.2, -0.15) is 4.98 Å². The SMILES string of the molecule is Nc1nc(-c2cncc(-n3ccc4cc(C(=O)N5CCC(F)(F)CC5)cnc43)c2)no1. The fraction of sp³-hybridized carbons (Fsp3) is 0.250. The summed E-state index contributed by atoms with van der Waals surface area (Å²) in [5.41, 5.74) is 7.80. The van der Waals surface area contributed by atoms with Gasteiger partial charge in [0.15, 0.2) is 0 Å². The Bertz CT molecular complexity index is 1270. The Hall–Kier alpha value is -3.89. The van der Waals surface area contributed by atoms with Crippen molar-refractivity contribution in [2.24, 2.45) is 0 Å². The van der Waals surface area contributed by atoms with Gasteiger partial charge < -0.3 is 15.2 Å². The molecule has 0 unspecified atom stereocenters.